The van der Waals surface area contributed by atoms with Crippen molar-refractivity contribution >= 4 is 15.9 Å². The number of rotatable bonds is 7. The Balaban J connectivity index is 1.91. The third-order valence-corrected chi connectivity index (χ3v) is 5.82. The summed E-state index contributed by atoms with van der Waals surface area (Å²) in [5.41, 5.74) is -0.00859. The van der Waals surface area contributed by atoms with Crippen LogP contribution in [0.4, 0.5) is 0 Å². The number of amides is 1. The van der Waals surface area contributed by atoms with Gasteiger partial charge < -0.3 is 5.32 Å². The lowest BCUT2D eigenvalue weighted by atomic mass is 10.1. The number of sulfonamides is 1. The van der Waals surface area contributed by atoms with Crippen LogP contribution < -0.4 is 10.0 Å². The van der Waals surface area contributed by atoms with Gasteiger partial charge in [-0.3, -0.25) is 4.79 Å². The fourth-order valence-corrected chi connectivity index (χ4v) is 4.17. The van der Waals surface area contributed by atoms with Crippen LogP contribution in [0.5, 0.6) is 0 Å². The lowest BCUT2D eigenvalue weighted by molar-refractivity contribution is -0.122. The maximum Gasteiger partial charge on any atom is 0.240 e. The Bertz CT molecular complexity index is 743. The van der Waals surface area contributed by atoms with Gasteiger partial charge in [0.05, 0.1) is 11.0 Å². The van der Waals surface area contributed by atoms with Crippen molar-refractivity contribution in [2.75, 3.05) is 0 Å². The van der Waals surface area contributed by atoms with Crippen LogP contribution in [0.1, 0.15) is 51.5 Å². The molecule has 0 aliphatic heterocycles. The van der Waals surface area contributed by atoms with E-state index in [0.29, 0.717) is 6.42 Å². The second-order valence-electron chi connectivity index (χ2n) is 7.03. The van der Waals surface area contributed by atoms with Gasteiger partial charge in [0.1, 0.15) is 5.54 Å². The molecule has 2 N–H and O–H groups in total. The van der Waals surface area contributed by atoms with Gasteiger partial charge in [0.2, 0.25) is 15.9 Å². The quantitative estimate of drug-likeness (QED) is 0.776. The number of carbonyl (C=O) groups excluding carboxylic acids is 1. The fraction of sp³-hybridized carbons (Fsp3) is 0.556. The van der Waals surface area contributed by atoms with E-state index in [-0.39, 0.29) is 23.3 Å². The van der Waals surface area contributed by atoms with E-state index in [4.69, 9.17) is 5.26 Å². The number of aryl methyl sites for hydroxylation is 1. The predicted octanol–water partition coefficient (Wildman–Crippen LogP) is 2.26. The van der Waals surface area contributed by atoms with Crippen LogP contribution in [0.3, 0.4) is 0 Å². The molecule has 7 heteroatoms. The van der Waals surface area contributed by atoms with Crippen LogP contribution in [0.15, 0.2) is 29.2 Å². The van der Waals surface area contributed by atoms with Gasteiger partial charge in [-0.05, 0) is 50.8 Å². The minimum absolute atomic E-state index is 0.0388. The first-order valence-corrected chi connectivity index (χ1v) is 10.0. The third kappa shape index (κ3) is 5.83. The number of benzene rings is 1. The number of nitrogens with one attached hydrogen (secondary N) is 2. The molecule has 1 aliphatic carbocycles. The zero-order valence-corrected chi connectivity index (χ0v) is 15.5. The summed E-state index contributed by atoms with van der Waals surface area (Å²) in [6, 6.07) is 8.66. The van der Waals surface area contributed by atoms with Gasteiger partial charge in [0, 0.05) is 12.5 Å². The molecular weight excluding hydrogens is 338 g/mol. The highest BCUT2D eigenvalue weighted by Crippen LogP contribution is 2.20. The van der Waals surface area contributed by atoms with Crippen molar-refractivity contribution in [1.29, 1.82) is 5.26 Å². The average Bonchev–Trinajstić information content (AvgIpc) is 3.05. The summed E-state index contributed by atoms with van der Waals surface area (Å²) in [4.78, 5) is 12.1. The summed E-state index contributed by atoms with van der Waals surface area (Å²) in [5.74, 6) is -0.203. The van der Waals surface area contributed by atoms with Crippen molar-refractivity contribution in [3.8, 4) is 6.07 Å². The first kappa shape index (κ1) is 19.4. The molecule has 1 amide bonds. The molecule has 1 saturated carbocycles. The molecule has 0 radical (unpaired) electrons. The molecule has 25 heavy (non-hydrogen) atoms. The lowest BCUT2D eigenvalue weighted by Gasteiger charge is -2.17. The molecule has 1 aromatic carbocycles. The smallest absolute Gasteiger partial charge is 0.240 e. The maximum absolute atomic E-state index is 12.3. The van der Waals surface area contributed by atoms with Crippen LogP contribution in [0, 0.1) is 11.3 Å². The number of hydrogen-bond acceptors (Lipinski definition) is 4. The van der Waals surface area contributed by atoms with E-state index in [1.807, 2.05) is 6.07 Å². The Morgan fingerprint density at radius 1 is 1.24 bits per heavy atom. The van der Waals surface area contributed by atoms with Gasteiger partial charge in [-0.2, -0.15) is 5.26 Å². The number of carbonyl (C=O) groups is 1. The second kappa shape index (κ2) is 7.98. The van der Waals surface area contributed by atoms with Gasteiger partial charge in [0.25, 0.3) is 0 Å². The molecule has 136 valence electrons. The Morgan fingerprint density at radius 3 is 2.40 bits per heavy atom. The highest BCUT2D eigenvalue weighted by atomic mass is 32.2. The molecule has 1 aromatic rings. The summed E-state index contributed by atoms with van der Waals surface area (Å²) in [5, 5.41) is 11.6. The van der Waals surface area contributed by atoms with E-state index in [1.54, 1.807) is 38.1 Å². The molecule has 0 unspecified atom stereocenters. The van der Waals surface area contributed by atoms with Crippen LogP contribution in [-0.4, -0.2) is 25.9 Å². The Morgan fingerprint density at radius 2 is 1.84 bits per heavy atom. The molecule has 1 fully saturated rings. The van der Waals surface area contributed by atoms with E-state index in [0.717, 1.165) is 31.2 Å². The molecule has 0 saturated heterocycles. The summed E-state index contributed by atoms with van der Waals surface area (Å²) in [6.45, 7) is 3.28. The SMILES string of the molecule is CC(C)(C#N)NC(=O)CCc1ccc(S(=O)(=O)NC2CCCC2)cc1. The molecule has 0 heterocycles. The number of nitrogens with zero attached hydrogens (tertiary/aromatic N) is 1. The van der Waals surface area contributed by atoms with Crippen molar-refractivity contribution in [3.05, 3.63) is 29.8 Å². The number of hydrogen-bond donors (Lipinski definition) is 2. The monoisotopic (exact) mass is 363 g/mol. The predicted molar refractivity (Wildman–Crippen MR) is 95.2 cm³/mol. The summed E-state index contributed by atoms with van der Waals surface area (Å²) >= 11 is 0. The topological polar surface area (TPSA) is 99.1 Å². The minimum Gasteiger partial charge on any atom is -0.338 e. The molecule has 2 rings (SSSR count). The van der Waals surface area contributed by atoms with E-state index >= 15 is 0 Å². The van der Waals surface area contributed by atoms with E-state index < -0.39 is 15.6 Å². The third-order valence-electron chi connectivity index (χ3n) is 4.28. The normalized spacial score (nSPS) is 15.7. The number of nitriles is 1. The Hall–Kier alpha value is -1.91. The fourth-order valence-electron chi connectivity index (χ4n) is 2.86. The average molecular weight is 363 g/mol. The van der Waals surface area contributed by atoms with Gasteiger partial charge in [0.15, 0.2) is 0 Å². The Labute approximate surface area is 149 Å². The second-order valence-corrected chi connectivity index (χ2v) is 8.75. The van der Waals surface area contributed by atoms with Gasteiger partial charge >= 0.3 is 0 Å². The van der Waals surface area contributed by atoms with E-state index in [9.17, 15) is 13.2 Å². The zero-order chi connectivity index (χ0) is 18.5. The van der Waals surface area contributed by atoms with Gasteiger partial charge in [-0.15, -0.1) is 0 Å². The Kier molecular flexibility index (Phi) is 6.20. The minimum atomic E-state index is -3.48. The van der Waals surface area contributed by atoms with E-state index in [2.05, 4.69) is 10.0 Å². The molecule has 0 atom stereocenters. The maximum atomic E-state index is 12.3. The van der Waals surface area contributed by atoms with Gasteiger partial charge in [-0.1, -0.05) is 25.0 Å². The van der Waals surface area contributed by atoms with Crippen molar-refractivity contribution in [3.63, 3.8) is 0 Å². The first-order chi connectivity index (χ1) is 11.7. The van der Waals surface area contributed by atoms with Gasteiger partial charge in [-0.25, -0.2) is 13.1 Å². The lowest BCUT2D eigenvalue weighted by Crippen LogP contribution is -2.42. The summed E-state index contributed by atoms with van der Waals surface area (Å²) < 4.78 is 27.4. The molecule has 0 spiro atoms. The van der Waals surface area contributed by atoms with Crippen LogP contribution in [-0.2, 0) is 21.2 Å². The van der Waals surface area contributed by atoms with Crippen molar-refractivity contribution in [2.45, 2.75) is 68.8 Å². The largest absolute Gasteiger partial charge is 0.338 e. The van der Waals surface area contributed by atoms with E-state index in [1.165, 1.54) is 0 Å². The highest BCUT2D eigenvalue weighted by Gasteiger charge is 2.23. The molecular formula is C18H25N3O3S. The van der Waals surface area contributed by atoms with Crippen LogP contribution in [0.2, 0.25) is 0 Å². The van der Waals surface area contributed by atoms with Crippen molar-refractivity contribution in [2.24, 2.45) is 0 Å². The molecule has 6 nitrogen and oxygen atoms in total. The summed E-state index contributed by atoms with van der Waals surface area (Å²) in [7, 11) is -3.48. The summed E-state index contributed by atoms with van der Waals surface area (Å²) in [6.07, 6.45) is 4.66. The van der Waals surface area contributed by atoms with Crippen LogP contribution in [0.25, 0.3) is 0 Å². The molecule has 1 aliphatic rings. The van der Waals surface area contributed by atoms with Crippen molar-refractivity contribution in [1.82, 2.24) is 10.0 Å². The zero-order valence-electron chi connectivity index (χ0n) is 14.7. The van der Waals surface area contributed by atoms with Crippen molar-refractivity contribution < 1.29 is 13.2 Å². The first-order valence-electron chi connectivity index (χ1n) is 8.55. The highest BCUT2D eigenvalue weighted by molar-refractivity contribution is 7.89. The standard InChI is InChI=1S/C18H25N3O3S/c1-18(2,13-19)20-17(22)12-9-14-7-10-16(11-8-14)25(23,24)21-15-5-3-4-6-15/h7-8,10-11,15,21H,3-6,9,12H2,1-2H3,(H,20,22). The molecule has 0 bridgehead atoms. The van der Waals surface area contributed by atoms with Crippen LogP contribution >= 0.6 is 0 Å². The molecule has 0 aromatic heterocycles.